The molecule has 0 saturated carbocycles. The molecule has 0 spiro atoms. The molecular formula is C18H23O4P. The Morgan fingerprint density at radius 2 is 1.39 bits per heavy atom. The fourth-order valence-electron chi connectivity index (χ4n) is 2.34. The summed E-state index contributed by atoms with van der Waals surface area (Å²) in [5.41, 5.74) is 2.35. The summed E-state index contributed by atoms with van der Waals surface area (Å²) in [5, 5.41) is 0. The first-order valence-corrected chi connectivity index (χ1v) is 9.67. The van der Waals surface area contributed by atoms with Crippen LogP contribution in [0, 0.1) is 0 Å². The van der Waals surface area contributed by atoms with E-state index in [9.17, 15) is 4.57 Å². The Balaban J connectivity index is 1.66. The Bertz CT molecular complexity index is 619. The molecule has 124 valence electrons. The molecule has 0 aliphatic heterocycles. The third-order valence-corrected chi connectivity index (χ3v) is 4.47. The summed E-state index contributed by atoms with van der Waals surface area (Å²) in [7, 11) is -3.83. The summed E-state index contributed by atoms with van der Waals surface area (Å²) in [4.78, 5) is 17.5. The van der Waals surface area contributed by atoms with E-state index in [1.807, 2.05) is 42.5 Å². The van der Waals surface area contributed by atoms with Gasteiger partial charge in [-0.15, -0.1) is 0 Å². The van der Waals surface area contributed by atoms with Gasteiger partial charge in [0, 0.05) is 6.16 Å². The van der Waals surface area contributed by atoms with Crippen molar-refractivity contribution in [3.8, 4) is 16.9 Å². The van der Waals surface area contributed by atoms with Gasteiger partial charge in [0.2, 0.25) is 0 Å². The van der Waals surface area contributed by atoms with Crippen LogP contribution in [-0.2, 0) is 4.57 Å². The van der Waals surface area contributed by atoms with Crippen LogP contribution in [0.1, 0.15) is 25.7 Å². The summed E-state index contributed by atoms with van der Waals surface area (Å²) in [6.07, 6.45) is 3.18. The standard InChI is InChI=1S/C18H23O4P/c19-23(20,21)15-7-2-1-6-14-22-18-12-10-17(11-13-18)16-8-4-3-5-9-16/h3-5,8-13H,1-2,6-7,14-15H2,(H2,19,20,21). The van der Waals surface area contributed by atoms with Gasteiger partial charge in [0.25, 0.3) is 0 Å². The Morgan fingerprint density at radius 1 is 0.783 bits per heavy atom. The number of unbranched alkanes of at least 4 members (excludes halogenated alkanes) is 3. The van der Waals surface area contributed by atoms with Crippen molar-refractivity contribution in [3.05, 3.63) is 54.6 Å². The average molecular weight is 334 g/mol. The van der Waals surface area contributed by atoms with Crippen LogP contribution in [0.4, 0.5) is 0 Å². The lowest BCUT2D eigenvalue weighted by molar-refractivity contribution is 0.305. The van der Waals surface area contributed by atoms with Crippen LogP contribution < -0.4 is 4.74 Å². The first-order chi connectivity index (χ1) is 11.0. The van der Waals surface area contributed by atoms with Gasteiger partial charge >= 0.3 is 7.60 Å². The molecule has 0 aromatic heterocycles. The highest BCUT2D eigenvalue weighted by Gasteiger charge is 2.10. The van der Waals surface area contributed by atoms with E-state index in [-0.39, 0.29) is 6.16 Å². The molecule has 0 saturated heterocycles. The minimum atomic E-state index is -3.83. The van der Waals surface area contributed by atoms with E-state index in [1.54, 1.807) is 0 Å². The van der Waals surface area contributed by atoms with Gasteiger partial charge in [-0.2, -0.15) is 0 Å². The molecule has 0 atom stereocenters. The smallest absolute Gasteiger partial charge is 0.325 e. The molecule has 2 aromatic rings. The average Bonchev–Trinajstić information content (AvgIpc) is 2.54. The van der Waals surface area contributed by atoms with Crippen molar-refractivity contribution in [1.29, 1.82) is 0 Å². The van der Waals surface area contributed by atoms with Gasteiger partial charge in [-0.25, -0.2) is 0 Å². The summed E-state index contributed by atoms with van der Waals surface area (Å²) < 4.78 is 16.4. The maximum Gasteiger partial charge on any atom is 0.325 e. The molecular weight excluding hydrogens is 311 g/mol. The van der Waals surface area contributed by atoms with Crippen molar-refractivity contribution in [1.82, 2.24) is 0 Å². The topological polar surface area (TPSA) is 66.8 Å². The zero-order valence-corrected chi connectivity index (χ0v) is 14.0. The molecule has 0 aliphatic rings. The van der Waals surface area contributed by atoms with Crippen LogP contribution in [-0.4, -0.2) is 22.6 Å². The van der Waals surface area contributed by atoms with E-state index in [0.29, 0.717) is 13.0 Å². The van der Waals surface area contributed by atoms with Gasteiger partial charge in [0.05, 0.1) is 6.61 Å². The van der Waals surface area contributed by atoms with Crippen LogP contribution in [0.25, 0.3) is 11.1 Å². The van der Waals surface area contributed by atoms with Crippen LogP contribution >= 0.6 is 7.60 Å². The first-order valence-electron chi connectivity index (χ1n) is 7.87. The second kappa shape index (κ2) is 8.88. The number of rotatable bonds is 9. The number of benzene rings is 2. The minimum absolute atomic E-state index is 0.0190. The molecule has 2 N–H and O–H groups in total. The zero-order valence-electron chi connectivity index (χ0n) is 13.1. The highest BCUT2D eigenvalue weighted by atomic mass is 31.2. The van der Waals surface area contributed by atoms with E-state index < -0.39 is 7.60 Å². The van der Waals surface area contributed by atoms with Gasteiger partial charge in [0.1, 0.15) is 5.75 Å². The van der Waals surface area contributed by atoms with Crippen molar-refractivity contribution >= 4 is 7.60 Å². The van der Waals surface area contributed by atoms with Crippen LogP contribution in [0.3, 0.4) is 0 Å². The Kier molecular flexibility index (Phi) is 6.85. The van der Waals surface area contributed by atoms with Gasteiger partial charge < -0.3 is 14.5 Å². The van der Waals surface area contributed by atoms with E-state index in [2.05, 4.69) is 12.1 Å². The van der Waals surface area contributed by atoms with E-state index in [4.69, 9.17) is 14.5 Å². The number of ether oxygens (including phenoxy) is 1. The molecule has 0 unspecified atom stereocenters. The second-order valence-corrected chi connectivity index (χ2v) is 7.32. The molecule has 2 aromatic carbocycles. The fourth-order valence-corrected chi connectivity index (χ4v) is 2.97. The molecule has 0 aliphatic carbocycles. The monoisotopic (exact) mass is 334 g/mol. The molecule has 4 nitrogen and oxygen atoms in total. The summed E-state index contributed by atoms with van der Waals surface area (Å²) in [6.45, 7) is 0.626. The predicted molar refractivity (Wildman–Crippen MR) is 92.8 cm³/mol. The SMILES string of the molecule is O=P(O)(O)CCCCCCOc1ccc(-c2ccccc2)cc1. The maximum atomic E-state index is 10.7. The van der Waals surface area contributed by atoms with Gasteiger partial charge in [-0.3, -0.25) is 4.57 Å². The number of hydrogen-bond donors (Lipinski definition) is 2. The summed E-state index contributed by atoms with van der Waals surface area (Å²) in [5.74, 6) is 0.847. The predicted octanol–water partition coefficient (Wildman–Crippen LogP) is 4.47. The molecule has 0 bridgehead atoms. The van der Waals surface area contributed by atoms with Crippen molar-refractivity contribution in [2.45, 2.75) is 25.7 Å². The minimum Gasteiger partial charge on any atom is -0.494 e. The molecule has 0 amide bonds. The molecule has 0 heterocycles. The third kappa shape index (κ3) is 7.00. The Hall–Kier alpha value is -1.61. The highest BCUT2D eigenvalue weighted by Crippen LogP contribution is 2.35. The molecule has 23 heavy (non-hydrogen) atoms. The second-order valence-electron chi connectivity index (χ2n) is 5.54. The van der Waals surface area contributed by atoms with Crippen molar-refractivity contribution in [2.24, 2.45) is 0 Å². The Morgan fingerprint density at radius 3 is 2.04 bits per heavy atom. The molecule has 0 radical (unpaired) electrons. The lowest BCUT2D eigenvalue weighted by Gasteiger charge is -2.08. The van der Waals surface area contributed by atoms with E-state index >= 15 is 0 Å². The van der Waals surface area contributed by atoms with E-state index in [1.165, 1.54) is 5.56 Å². The van der Waals surface area contributed by atoms with Crippen molar-refractivity contribution < 1.29 is 19.1 Å². The maximum absolute atomic E-state index is 10.7. The van der Waals surface area contributed by atoms with Crippen molar-refractivity contribution in [2.75, 3.05) is 12.8 Å². The quantitative estimate of drug-likeness (QED) is 0.524. The third-order valence-electron chi connectivity index (χ3n) is 3.57. The fraction of sp³-hybridized carbons (Fsp3) is 0.333. The number of hydrogen-bond acceptors (Lipinski definition) is 2. The molecule has 0 fully saturated rings. The van der Waals surface area contributed by atoms with E-state index in [0.717, 1.165) is 30.6 Å². The van der Waals surface area contributed by atoms with Crippen LogP contribution in [0.2, 0.25) is 0 Å². The Labute approximate surface area is 137 Å². The lowest BCUT2D eigenvalue weighted by atomic mass is 10.1. The summed E-state index contributed by atoms with van der Waals surface area (Å²) >= 11 is 0. The van der Waals surface area contributed by atoms with Gasteiger partial charge in [-0.1, -0.05) is 55.3 Å². The van der Waals surface area contributed by atoms with Crippen molar-refractivity contribution in [3.63, 3.8) is 0 Å². The normalized spacial score (nSPS) is 11.4. The van der Waals surface area contributed by atoms with Gasteiger partial charge in [0.15, 0.2) is 0 Å². The molecule has 5 heteroatoms. The summed E-state index contributed by atoms with van der Waals surface area (Å²) in [6, 6.07) is 18.2. The first kappa shape index (κ1) is 17.7. The van der Waals surface area contributed by atoms with Crippen LogP contribution in [0.15, 0.2) is 54.6 Å². The molecule has 2 rings (SSSR count). The van der Waals surface area contributed by atoms with Gasteiger partial charge in [-0.05, 0) is 36.1 Å². The lowest BCUT2D eigenvalue weighted by Crippen LogP contribution is -1.97. The largest absolute Gasteiger partial charge is 0.494 e. The highest BCUT2D eigenvalue weighted by molar-refractivity contribution is 7.51. The zero-order chi connectivity index (χ0) is 16.5. The van der Waals surface area contributed by atoms with Crippen LogP contribution in [0.5, 0.6) is 5.75 Å².